The zero-order valence-electron chi connectivity index (χ0n) is 11.4. The summed E-state index contributed by atoms with van der Waals surface area (Å²) in [6, 6.07) is 6.15. The van der Waals surface area contributed by atoms with Crippen molar-refractivity contribution in [3.8, 4) is 17.0 Å². The average Bonchev–Trinajstić information content (AvgIpc) is 2.39. The van der Waals surface area contributed by atoms with Crippen LogP contribution in [0.1, 0.15) is 18.2 Å². The van der Waals surface area contributed by atoms with Crippen LogP contribution in [0.3, 0.4) is 0 Å². The molecule has 0 fully saturated rings. The molecule has 2 aromatic rings. The third kappa shape index (κ3) is 2.21. The van der Waals surface area contributed by atoms with E-state index in [-0.39, 0.29) is 0 Å². The minimum Gasteiger partial charge on any atom is -0.497 e. The van der Waals surface area contributed by atoms with Crippen molar-refractivity contribution in [3.05, 3.63) is 41.9 Å². The predicted molar refractivity (Wildman–Crippen MR) is 71.5 cm³/mol. The molecule has 3 heteroatoms. The molecule has 1 heterocycles. The summed E-state index contributed by atoms with van der Waals surface area (Å²) in [5.41, 5.74) is 4.71. The molecular weight excluding hydrogens is 224 g/mol. The quantitative estimate of drug-likeness (QED) is 0.774. The minimum atomic E-state index is 0.890. The summed E-state index contributed by atoms with van der Waals surface area (Å²) in [6.45, 7) is 4.23. The molecule has 0 amide bonds. The van der Waals surface area contributed by atoms with Crippen LogP contribution in [0.4, 0.5) is 0 Å². The van der Waals surface area contributed by atoms with E-state index in [9.17, 15) is 0 Å². The summed E-state index contributed by atoms with van der Waals surface area (Å²) in [5.74, 6) is 0.890. The normalized spacial score (nSPS) is 10.4. The number of benzene rings is 1. The second-order valence-electron chi connectivity index (χ2n) is 4.37. The van der Waals surface area contributed by atoms with Crippen molar-refractivity contribution in [3.63, 3.8) is 0 Å². The van der Waals surface area contributed by atoms with Gasteiger partial charge in [0.05, 0.1) is 18.9 Å². The average molecular weight is 243 g/mol. The van der Waals surface area contributed by atoms with Gasteiger partial charge in [-0.15, -0.1) is 0 Å². The Morgan fingerprint density at radius 3 is 2.72 bits per heavy atom. The molecule has 0 bridgehead atoms. The second kappa shape index (κ2) is 5.17. The van der Waals surface area contributed by atoms with Gasteiger partial charge in [-0.05, 0) is 37.1 Å². The van der Waals surface area contributed by atoms with Crippen LogP contribution in [-0.2, 0) is 13.5 Å². The van der Waals surface area contributed by atoms with E-state index in [0.29, 0.717) is 0 Å². The molecule has 2 rings (SSSR count). The molecule has 0 radical (unpaired) electrons. The van der Waals surface area contributed by atoms with Crippen molar-refractivity contribution >= 4 is 0 Å². The molecule has 0 aliphatic rings. The SMILES string of the molecule is CCc1ncc[n+](C)c1-c1ccc(OC)cc1C. The molecule has 0 saturated carbocycles. The number of methoxy groups -OCH3 is 1. The van der Waals surface area contributed by atoms with E-state index in [1.807, 2.05) is 18.5 Å². The number of hydrogen-bond donors (Lipinski definition) is 0. The van der Waals surface area contributed by atoms with E-state index in [1.165, 1.54) is 16.8 Å². The van der Waals surface area contributed by atoms with Gasteiger partial charge in [0, 0.05) is 0 Å². The molecule has 1 aromatic carbocycles. The van der Waals surface area contributed by atoms with Crippen LogP contribution in [0.2, 0.25) is 0 Å². The lowest BCUT2D eigenvalue weighted by atomic mass is 10.0. The summed E-state index contributed by atoms with van der Waals surface area (Å²) >= 11 is 0. The standard InChI is InChI=1S/C15H19N2O/c1-5-14-15(17(3)9-8-16-14)13-7-6-12(18-4)10-11(13)2/h6-10H,5H2,1-4H3/q+1. The van der Waals surface area contributed by atoms with Crippen LogP contribution in [0.5, 0.6) is 5.75 Å². The molecule has 0 spiro atoms. The second-order valence-corrected chi connectivity index (χ2v) is 4.37. The highest BCUT2D eigenvalue weighted by Crippen LogP contribution is 2.26. The molecular formula is C15H19N2O+. The third-order valence-corrected chi connectivity index (χ3v) is 3.17. The van der Waals surface area contributed by atoms with Gasteiger partial charge in [0.1, 0.15) is 18.5 Å². The third-order valence-electron chi connectivity index (χ3n) is 3.17. The molecule has 0 unspecified atom stereocenters. The molecule has 0 aliphatic heterocycles. The molecule has 0 aliphatic carbocycles. The van der Waals surface area contributed by atoms with Crippen LogP contribution >= 0.6 is 0 Å². The maximum atomic E-state index is 5.25. The molecule has 0 N–H and O–H groups in total. The van der Waals surface area contributed by atoms with Crippen molar-refractivity contribution in [2.24, 2.45) is 7.05 Å². The minimum absolute atomic E-state index is 0.890. The number of aryl methyl sites for hydroxylation is 3. The Hall–Kier alpha value is -1.90. The van der Waals surface area contributed by atoms with E-state index >= 15 is 0 Å². The monoisotopic (exact) mass is 243 g/mol. The highest BCUT2D eigenvalue weighted by atomic mass is 16.5. The van der Waals surface area contributed by atoms with Crippen LogP contribution in [-0.4, -0.2) is 12.1 Å². The first-order valence-electron chi connectivity index (χ1n) is 6.16. The Bertz CT molecular complexity index is 564. The van der Waals surface area contributed by atoms with Crippen LogP contribution in [0.25, 0.3) is 11.3 Å². The fourth-order valence-electron chi connectivity index (χ4n) is 2.20. The lowest BCUT2D eigenvalue weighted by molar-refractivity contribution is -0.661. The fourth-order valence-corrected chi connectivity index (χ4v) is 2.20. The van der Waals surface area contributed by atoms with Crippen LogP contribution in [0.15, 0.2) is 30.6 Å². The van der Waals surface area contributed by atoms with Gasteiger partial charge in [-0.3, -0.25) is 0 Å². The Balaban J connectivity index is 2.62. The Kier molecular flexibility index (Phi) is 3.60. The Labute approximate surface area is 108 Å². The topological polar surface area (TPSA) is 26.0 Å². The van der Waals surface area contributed by atoms with Gasteiger partial charge in [-0.25, -0.2) is 4.98 Å². The summed E-state index contributed by atoms with van der Waals surface area (Å²) in [5, 5.41) is 0. The first-order valence-corrected chi connectivity index (χ1v) is 6.16. The maximum absolute atomic E-state index is 5.25. The van der Waals surface area contributed by atoms with Crippen molar-refractivity contribution in [1.82, 2.24) is 4.98 Å². The molecule has 0 atom stereocenters. The smallest absolute Gasteiger partial charge is 0.234 e. The summed E-state index contributed by atoms with van der Waals surface area (Å²) in [6.07, 6.45) is 4.76. The molecule has 94 valence electrons. The Morgan fingerprint density at radius 1 is 1.33 bits per heavy atom. The van der Waals surface area contributed by atoms with Gasteiger partial charge in [-0.1, -0.05) is 6.92 Å². The van der Waals surface area contributed by atoms with Gasteiger partial charge in [0.15, 0.2) is 6.20 Å². The first kappa shape index (κ1) is 12.6. The number of ether oxygens (including phenoxy) is 1. The predicted octanol–water partition coefficient (Wildman–Crippen LogP) is 2.45. The van der Waals surface area contributed by atoms with Gasteiger partial charge in [-0.2, -0.15) is 4.57 Å². The summed E-state index contributed by atoms with van der Waals surface area (Å²) in [4.78, 5) is 4.47. The lowest BCUT2D eigenvalue weighted by Crippen LogP contribution is -2.32. The van der Waals surface area contributed by atoms with E-state index < -0.39 is 0 Å². The molecule has 18 heavy (non-hydrogen) atoms. The first-order chi connectivity index (χ1) is 8.67. The van der Waals surface area contributed by atoms with Crippen LogP contribution < -0.4 is 9.30 Å². The van der Waals surface area contributed by atoms with Crippen molar-refractivity contribution in [2.45, 2.75) is 20.3 Å². The highest BCUT2D eigenvalue weighted by Gasteiger charge is 2.18. The zero-order valence-corrected chi connectivity index (χ0v) is 11.4. The van der Waals surface area contributed by atoms with Crippen molar-refractivity contribution in [2.75, 3.05) is 7.11 Å². The van der Waals surface area contributed by atoms with Crippen molar-refractivity contribution < 1.29 is 9.30 Å². The van der Waals surface area contributed by atoms with E-state index in [1.54, 1.807) is 7.11 Å². The highest BCUT2D eigenvalue weighted by molar-refractivity contribution is 5.64. The van der Waals surface area contributed by atoms with Gasteiger partial charge in [0.2, 0.25) is 5.69 Å². The Morgan fingerprint density at radius 2 is 2.11 bits per heavy atom. The molecule has 1 aromatic heterocycles. The van der Waals surface area contributed by atoms with E-state index in [0.717, 1.165) is 17.9 Å². The van der Waals surface area contributed by atoms with Gasteiger partial charge in [0.25, 0.3) is 0 Å². The zero-order chi connectivity index (χ0) is 13.1. The number of rotatable bonds is 3. The molecule has 3 nitrogen and oxygen atoms in total. The van der Waals surface area contributed by atoms with Crippen molar-refractivity contribution in [1.29, 1.82) is 0 Å². The lowest BCUT2D eigenvalue weighted by Gasteiger charge is -2.09. The molecule has 0 saturated heterocycles. The number of nitrogens with zero attached hydrogens (tertiary/aromatic N) is 2. The van der Waals surface area contributed by atoms with Gasteiger partial charge >= 0.3 is 0 Å². The number of hydrogen-bond acceptors (Lipinski definition) is 2. The van der Waals surface area contributed by atoms with E-state index in [2.05, 4.69) is 42.6 Å². The largest absolute Gasteiger partial charge is 0.497 e. The van der Waals surface area contributed by atoms with Gasteiger partial charge < -0.3 is 4.74 Å². The summed E-state index contributed by atoms with van der Waals surface area (Å²) in [7, 11) is 3.75. The van der Waals surface area contributed by atoms with E-state index in [4.69, 9.17) is 4.74 Å². The van der Waals surface area contributed by atoms with Crippen LogP contribution in [0, 0.1) is 6.92 Å². The number of aromatic nitrogens is 2. The fraction of sp³-hybridized carbons (Fsp3) is 0.333. The summed E-state index contributed by atoms with van der Waals surface area (Å²) < 4.78 is 7.38. The maximum Gasteiger partial charge on any atom is 0.234 e.